The Hall–Kier alpha value is -1.00. The molecule has 0 fully saturated rings. The van der Waals surface area contributed by atoms with E-state index in [2.05, 4.69) is 5.32 Å². The molecule has 0 aromatic heterocycles. The van der Waals surface area contributed by atoms with Gasteiger partial charge in [0, 0.05) is 18.7 Å². The minimum atomic E-state index is -0.799. The van der Waals surface area contributed by atoms with Gasteiger partial charge in [-0.15, -0.1) is 0 Å². The molecule has 0 aliphatic rings. The van der Waals surface area contributed by atoms with Crippen molar-refractivity contribution in [3.05, 3.63) is 35.4 Å². The van der Waals surface area contributed by atoms with Gasteiger partial charge in [-0.2, -0.15) is 0 Å². The summed E-state index contributed by atoms with van der Waals surface area (Å²) in [5.41, 5.74) is 0.361. The van der Waals surface area contributed by atoms with E-state index >= 15 is 0 Å². The molecular weight excluding hydrogens is 224 g/mol. The molecule has 0 aliphatic heterocycles. The summed E-state index contributed by atoms with van der Waals surface area (Å²) in [6, 6.07) is 4.21. The van der Waals surface area contributed by atoms with Gasteiger partial charge in [-0.3, -0.25) is 0 Å². The molecule has 1 aromatic carbocycles. The molecule has 0 heterocycles. The van der Waals surface area contributed by atoms with Crippen LogP contribution in [0.2, 0.25) is 0 Å². The highest BCUT2D eigenvalue weighted by Gasteiger charge is 2.06. The monoisotopic (exact) mass is 243 g/mol. The third kappa shape index (κ3) is 5.24. The van der Waals surface area contributed by atoms with Crippen molar-refractivity contribution in [2.45, 2.75) is 32.2 Å². The van der Waals surface area contributed by atoms with Gasteiger partial charge in [-0.05, 0) is 25.5 Å². The van der Waals surface area contributed by atoms with E-state index in [4.69, 9.17) is 5.11 Å². The molecule has 0 bridgehead atoms. The van der Waals surface area contributed by atoms with E-state index in [9.17, 15) is 8.78 Å². The van der Waals surface area contributed by atoms with Crippen molar-refractivity contribution in [2.24, 2.45) is 0 Å². The van der Waals surface area contributed by atoms with Crippen molar-refractivity contribution >= 4 is 0 Å². The summed E-state index contributed by atoms with van der Waals surface area (Å²) in [5, 5.41) is 11.7. The third-order valence-corrected chi connectivity index (χ3v) is 2.61. The smallest absolute Gasteiger partial charge is 0.163 e. The normalized spacial score (nSPS) is 10.8. The summed E-state index contributed by atoms with van der Waals surface area (Å²) >= 11 is 0. The lowest BCUT2D eigenvalue weighted by Gasteiger charge is -2.06. The zero-order valence-corrected chi connectivity index (χ0v) is 9.88. The average molecular weight is 243 g/mol. The minimum Gasteiger partial charge on any atom is -0.396 e. The fourth-order valence-corrected chi connectivity index (χ4v) is 1.62. The van der Waals surface area contributed by atoms with E-state index in [0.717, 1.165) is 38.3 Å². The molecule has 0 saturated carbocycles. The Bertz CT molecular complexity index is 331. The molecule has 0 atom stereocenters. The molecule has 1 rings (SSSR count). The van der Waals surface area contributed by atoms with Crippen molar-refractivity contribution in [2.75, 3.05) is 13.2 Å². The van der Waals surface area contributed by atoms with Crippen LogP contribution in [0, 0.1) is 11.6 Å². The van der Waals surface area contributed by atoms with Gasteiger partial charge in [0.25, 0.3) is 0 Å². The van der Waals surface area contributed by atoms with Crippen molar-refractivity contribution in [1.82, 2.24) is 5.32 Å². The highest BCUT2D eigenvalue weighted by atomic mass is 19.2. The second-order valence-electron chi connectivity index (χ2n) is 4.03. The molecule has 0 spiro atoms. The number of aliphatic hydroxyl groups is 1. The molecule has 0 amide bonds. The van der Waals surface area contributed by atoms with Gasteiger partial charge in [0.05, 0.1) is 0 Å². The lowest BCUT2D eigenvalue weighted by atomic mass is 10.2. The Kier molecular flexibility index (Phi) is 6.74. The van der Waals surface area contributed by atoms with Gasteiger partial charge in [-0.1, -0.05) is 25.0 Å². The second-order valence-corrected chi connectivity index (χ2v) is 4.03. The van der Waals surface area contributed by atoms with Crippen LogP contribution >= 0.6 is 0 Å². The van der Waals surface area contributed by atoms with Crippen LogP contribution in [0.4, 0.5) is 8.78 Å². The summed E-state index contributed by atoms with van der Waals surface area (Å²) in [4.78, 5) is 0. The third-order valence-electron chi connectivity index (χ3n) is 2.61. The van der Waals surface area contributed by atoms with Crippen LogP contribution in [0.1, 0.15) is 31.2 Å². The molecule has 2 N–H and O–H groups in total. The fraction of sp³-hybridized carbons (Fsp3) is 0.538. The molecular formula is C13H19F2NO. The number of aliphatic hydroxyl groups excluding tert-OH is 1. The summed E-state index contributed by atoms with van der Waals surface area (Å²) in [6.45, 7) is 1.37. The van der Waals surface area contributed by atoms with Gasteiger partial charge < -0.3 is 10.4 Å². The molecule has 0 unspecified atom stereocenters. The molecule has 0 radical (unpaired) electrons. The SMILES string of the molecule is OCCCCCCNCc1cccc(F)c1F. The van der Waals surface area contributed by atoms with Crippen LogP contribution in [-0.2, 0) is 6.54 Å². The molecule has 0 saturated heterocycles. The number of hydrogen-bond donors (Lipinski definition) is 2. The summed E-state index contributed by atoms with van der Waals surface area (Å²) in [7, 11) is 0. The van der Waals surface area contributed by atoms with Gasteiger partial charge in [0.2, 0.25) is 0 Å². The fourth-order valence-electron chi connectivity index (χ4n) is 1.62. The molecule has 1 aromatic rings. The lowest BCUT2D eigenvalue weighted by Crippen LogP contribution is -2.16. The van der Waals surface area contributed by atoms with Gasteiger partial charge in [0.15, 0.2) is 11.6 Å². The highest BCUT2D eigenvalue weighted by Crippen LogP contribution is 2.10. The van der Waals surface area contributed by atoms with Crippen LogP contribution in [-0.4, -0.2) is 18.3 Å². The zero-order chi connectivity index (χ0) is 12.5. The summed E-state index contributed by atoms with van der Waals surface area (Å²) in [5.74, 6) is -1.56. The highest BCUT2D eigenvalue weighted by molar-refractivity contribution is 5.18. The van der Waals surface area contributed by atoms with Crippen molar-refractivity contribution in [1.29, 1.82) is 0 Å². The first-order valence-electron chi connectivity index (χ1n) is 6.00. The standard InChI is InChI=1S/C13H19F2NO/c14-12-7-5-6-11(13(12)15)10-16-8-3-1-2-4-9-17/h5-7,16-17H,1-4,8-10H2. The van der Waals surface area contributed by atoms with E-state index in [-0.39, 0.29) is 6.61 Å². The number of rotatable bonds is 8. The van der Waals surface area contributed by atoms with E-state index in [0.29, 0.717) is 12.1 Å². The maximum Gasteiger partial charge on any atom is 0.163 e. The molecule has 17 heavy (non-hydrogen) atoms. The summed E-state index contributed by atoms with van der Waals surface area (Å²) in [6.07, 6.45) is 3.86. The average Bonchev–Trinajstić information content (AvgIpc) is 2.33. The number of benzene rings is 1. The largest absolute Gasteiger partial charge is 0.396 e. The predicted molar refractivity (Wildman–Crippen MR) is 63.6 cm³/mol. The molecule has 96 valence electrons. The first kappa shape index (κ1) is 14.1. The zero-order valence-electron chi connectivity index (χ0n) is 9.88. The number of unbranched alkanes of at least 4 members (excludes halogenated alkanes) is 3. The van der Waals surface area contributed by atoms with Crippen molar-refractivity contribution in [3.8, 4) is 0 Å². The Morgan fingerprint density at radius 2 is 1.82 bits per heavy atom. The van der Waals surface area contributed by atoms with Crippen LogP contribution in [0.5, 0.6) is 0 Å². The van der Waals surface area contributed by atoms with E-state index in [1.807, 2.05) is 0 Å². The first-order chi connectivity index (χ1) is 8.25. The maximum absolute atomic E-state index is 13.2. The minimum absolute atomic E-state index is 0.238. The first-order valence-corrected chi connectivity index (χ1v) is 6.00. The second kappa shape index (κ2) is 8.14. The van der Waals surface area contributed by atoms with Gasteiger partial charge >= 0.3 is 0 Å². The molecule has 4 heteroatoms. The van der Waals surface area contributed by atoms with E-state index in [1.54, 1.807) is 6.07 Å². The number of halogens is 2. The van der Waals surface area contributed by atoms with Crippen molar-refractivity contribution < 1.29 is 13.9 Å². The molecule has 2 nitrogen and oxygen atoms in total. The maximum atomic E-state index is 13.2. The Balaban J connectivity index is 2.16. The Morgan fingerprint density at radius 3 is 2.59 bits per heavy atom. The van der Waals surface area contributed by atoms with Crippen LogP contribution in [0.3, 0.4) is 0 Å². The Labute approximate surface area is 101 Å². The number of nitrogens with one attached hydrogen (secondary N) is 1. The molecule has 0 aliphatic carbocycles. The quantitative estimate of drug-likeness (QED) is 0.688. The predicted octanol–water partition coefficient (Wildman–Crippen LogP) is 2.61. The Morgan fingerprint density at radius 1 is 1.06 bits per heavy atom. The van der Waals surface area contributed by atoms with E-state index < -0.39 is 11.6 Å². The van der Waals surface area contributed by atoms with Gasteiger partial charge in [0.1, 0.15) is 0 Å². The lowest BCUT2D eigenvalue weighted by molar-refractivity contribution is 0.282. The van der Waals surface area contributed by atoms with E-state index in [1.165, 1.54) is 6.07 Å². The summed E-state index contributed by atoms with van der Waals surface area (Å²) < 4.78 is 26.1. The van der Waals surface area contributed by atoms with Crippen LogP contribution < -0.4 is 5.32 Å². The van der Waals surface area contributed by atoms with Crippen LogP contribution in [0.25, 0.3) is 0 Å². The number of hydrogen-bond acceptors (Lipinski definition) is 2. The van der Waals surface area contributed by atoms with Crippen molar-refractivity contribution in [3.63, 3.8) is 0 Å². The van der Waals surface area contributed by atoms with Gasteiger partial charge in [-0.25, -0.2) is 8.78 Å². The van der Waals surface area contributed by atoms with Crippen LogP contribution in [0.15, 0.2) is 18.2 Å². The topological polar surface area (TPSA) is 32.3 Å².